The summed E-state index contributed by atoms with van der Waals surface area (Å²) in [6.07, 6.45) is 5.97. The summed E-state index contributed by atoms with van der Waals surface area (Å²) in [6, 6.07) is 1.71. The molecule has 0 spiro atoms. The molecule has 0 aliphatic heterocycles. The zero-order valence-electron chi connectivity index (χ0n) is 8.53. The Morgan fingerprint density at radius 3 is 3.00 bits per heavy atom. The van der Waals surface area contributed by atoms with Gasteiger partial charge in [-0.1, -0.05) is 0 Å². The van der Waals surface area contributed by atoms with Crippen molar-refractivity contribution < 1.29 is 9.13 Å². The van der Waals surface area contributed by atoms with Gasteiger partial charge in [-0.3, -0.25) is 4.98 Å². The summed E-state index contributed by atoms with van der Waals surface area (Å²) < 4.78 is 18.4. The number of halogens is 1. The number of ether oxygens (including phenoxy) is 1. The minimum Gasteiger partial charge on any atom is -0.373 e. The van der Waals surface area contributed by atoms with E-state index in [1.807, 2.05) is 0 Å². The van der Waals surface area contributed by atoms with Crippen molar-refractivity contribution in [1.29, 1.82) is 0 Å². The van der Waals surface area contributed by atoms with E-state index in [1.54, 1.807) is 6.20 Å². The van der Waals surface area contributed by atoms with Crippen molar-refractivity contribution in [3.05, 3.63) is 29.8 Å². The van der Waals surface area contributed by atoms with E-state index in [0.717, 1.165) is 24.8 Å². The van der Waals surface area contributed by atoms with E-state index < -0.39 is 0 Å². The van der Waals surface area contributed by atoms with Gasteiger partial charge in [-0.15, -0.1) is 0 Å². The first-order chi connectivity index (χ1) is 7.24. The fraction of sp³-hybridized carbons (Fsp3) is 0.545. The third kappa shape index (κ3) is 2.97. The zero-order chi connectivity index (χ0) is 10.7. The Balaban J connectivity index is 1.83. The molecule has 1 aliphatic rings. The van der Waals surface area contributed by atoms with Crippen molar-refractivity contribution >= 4 is 0 Å². The van der Waals surface area contributed by atoms with Crippen LogP contribution in [0.4, 0.5) is 4.39 Å². The molecule has 15 heavy (non-hydrogen) atoms. The minimum absolute atomic E-state index is 0.225. The van der Waals surface area contributed by atoms with Crippen LogP contribution in [0.15, 0.2) is 18.5 Å². The molecule has 0 amide bonds. The Hall–Kier alpha value is -1.00. The lowest BCUT2D eigenvalue weighted by Gasteiger charge is -2.11. The quantitative estimate of drug-likeness (QED) is 0.824. The highest BCUT2D eigenvalue weighted by molar-refractivity contribution is 5.08. The first kappa shape index (κ1) is 10.5. The molecule has 0 saturated heterocycles. The number of hydrogen-bond donors (Lipinski definition) is 1. The molecule has 2 atom stereocenters. The van der Waals surface area contributed by atoms with Gasteiger partial charge >= 0.3 is 0 Å². The molecule has 1 aromatic rings. The number of rotatable bonds is 3. The van der Waals surface area contributed by atoms with E-state index >= 15 is 0 Å². The van der Waals surface area contributed by atoms with Crippen LogP contribution in [0, 0.1) is 5.82 Å². The molecule has 0 radical (unpaired) electrons. The normalized spacial score (nSPS) is 25.7. The second kappa shape index (κ2) is 4.68. The van der Waals surface area contributed by atoms with E-state index in [0.29, 0.717) is 6.61 Å². The van der Waals surface area contributed by atoms with E-state index in [2.05, 4.69) is 4.98 Å². The highest BCUT2D eigenvalue weighted by Crippen LogP contribution is 2.21. The Morgan fingerprint density at radius 1 is 1.47 bits per heavy atom. The highest BCUT2D eigenvalue weighted by atomic mass is 19.1. The van der Waals surface area contributed by atoms with E-state index in [9.17, 15) is 4.39 Å². The Kier molecular flexibility index (Phi) is 3.28. The van der Waals surface area contributed by atoms with Gasteiger partial charge in [0.2, 0.25) is 0 Å². The van der Waals surface area contributed by atoms with Crippen molar-refractivity contribution in [1.82, 2.24) is 4.98 Å². The monoisotopic (exact) mass is 210 g/mol. The molecule has 0 aromatic carbocycles. The van der Waals surface area contributed by atoms with Gasteiger partial charge in [0.25, 0.3) is 0 Å². The highest BCUT2D eigenvalue weighted by Gasteiger charge is 2.22. The summed E-state index contributed by atoms with van der Waals surface area (Å²) >= 11 is 0. The first-order valence-corrected chi connectivity index (χ1v) is 5.20. The zero-order valence-corrected chi connectivity index (χ0v) is 8.53. The summed E-state index contributed by atoms with van der Waals surface area (Å²) in [4.78, 5) is 3.76. The first-order valence-electron chi connectivity index (χ1n) is 5.20. The molecule has 1 aromatic heterocycles. The summed E-state index contributed by atoms with van der Waals surface area (Å²) in [5, 5.41) is 0. The maximum atomic E-state index is 12.8. The molecule has 2 rings (SSSR count). The molecule has 1 fully saturated rings. The fourth-order valence-electron chi connectivity index (χ4n) is 1.87. The Bertz CT molecular complexity index is 332. The Morgan fingerprint density at radius 2 is 2.33 bits per heavy atom. The summed E-state index contributed by atoms with van der Waals surface area (Å²) in [5.41, 5.74) is 6.54. The SMILES string of the molecule is NC1CCC(OCc2cncc(F)c2)C1. The fourth-order valence-corrected chi connectivity index (χ4v) is 1.87. The van der Waals surface area contributed by atoms with Gasteiger partial charge in [0.1, 0.15) is 5.82 Å². The van der Waals surface area contributed by atoms with Crippen LogP contribution in [0.5, 0.6) is 0 Å². The minimum atomic E-state index is -0.320. The van der Waals surface area contributed by atoms with Gasteiger partial charge in [-0.05, 0) is 30.9 Å². The van der Waals surface area contributed by atoms with E-state index in [-0.39, 0.29) is 18.0 Å². The van der Waals surface area contributed by atoms with Crippen LogP contribution in [0.25, 0.3) is 0 Å². The molecule has 3 nitrogen and oxygen atoms in total. The number of nitrogens with zero attached hydrogens (tertiary/aromatic N) is 1. The summed E-state index contributed by atoms with van der Waals surface area (Å²) in [6.45, 7) is 0.419. The van der Waals surface area contributed by atoms with Gasteiger partial charge in [-0.25, -0.2) is 4.39 Å². The lowest BCUT2D eigenvalue weighted by Crippen LogP contribution is -2.17. The maximum Gasteiger partial charge on any atom is 0.141 e. The molecule has 0 bridgehead atoms. The van der Waals surface area contributed by atoms with Crippen LogP contribution < -0.4 is 5.73 Å². The second-order valence-corrected chi connectivity index (χ2v) is 4.02. The average molecular weight is 210 g/mol. The predicted octanol–water partition coefficient (Wildman–Crippen LogP) is 1.62. The van der Waals surface area contributed by atoms with Gasteiger partial charge in [0.05, 0.1) is 18.9 Å². The molecule has 1 aliphatic carbocycles. The smallest absolute Gasteiger partial charge is 0.141 e. The third-order valence-electron chi connectivity index (χ3n) is 2.67. The van der Waals surface area contributed by atoms with Gasteiger partial charge in [-0.2, -0.15) is 0 Å². The third-order valence-corrected chi connectivity index (χ3v) is 2.67. The van der Waals surface area contributed by atoms with Crippen LogP contribution >= 0.6 is 0 Å². The number of nitrogens with two attached hydrogens (primary N) is 1. The summed E-state index contributed by atoms with van der Waals surface area (Å²) in [7, 11) is 0. The van der Waals surface area contributed by atoms with Gasteiger partial charge in [0.15, 0.2) is 0 Å². The van der Waals surface area contributed by atoms with Gasteiger partial charge in [0, 0.05) is 12.2 Å². The molecular formula is C11H15FN2O. The topological polar surface area (TPSA) is 48.1 Å². The summed E-state index contributed by atoms with van der Waals surface area (Å²) in [5.74, 6) is -0.320. The predicted molar refractivity (Wildman–Crippen MR) is 54.6 cm³/mol. The number of aromatic nitrogens is 1. The lowest BCUT2D eigenvalue weighted by molar-refractivity contribution is 0.0445. The molecule has 2 N–H and O–H groups in total. The van der Waals surface area contributed by atoms with Crippen molar-refractivity contribution in [2.24, 2.45) is 5.73 Å². The van der Waals surface area contributed by atoms with Crippen LogP contribution in [0.1, 0.15) is 24.8 Å². The van der Waals surface area contributed by atoms with Gasteiger partial charge < -0.3 is 10.5 Å². The molecule has 2 unspecified atom stereocenters. The maximum absolute atomic E-state index is 12.8. The van der Waals surface area contributed by atoms with Crippen LogP contribution in [0.3, 0.4) is 0 Å². The Labute approximate surface area is 88.5 Å². The molecule has 4 heteroatoms. The largest absolute Gasteiger partial charge is 0.373 e. The lowest BCUT2D eigenvalue weighted by atomic mass is 10.2. The van der Waals surface area contributed by atoms with Crippen molar-refractivity contribution in [3.8, 4) is 0 Å². The van der Waals surface area contributed by atoms with Crippen LogP contribution in [0.2, 0.25) is 0 Å². The van der Waals surface area contributed by atoms with Crippen LogP contribution in [-0.2, 0) is 11.3 Å². The number of pyridine rings is 1. The van der Waals surface area contributed by atoms with Crippen LogP contribution in [-0.4, -0.2) is 17.1 Å². The molecule has 1 heterocycles. The average Bonchev–Trinajstić information content (AvgIpc) is 2.62. The van der Waals surface area contributed by atoms with Crippen molar-refractivity contribution in [2.45, 2.75) is 38.0 Å². The second-order valence-electron chi connectivity index (χ2n) is 4.02. The van der Waals surface area contributed by atoms with Crippen molar-refractivity contribution in [2.75, 3.05) is 0 Å². The van der Waals surface area contributed by atoms with E-state index in [1.165, 1.54) is 12.3 Å². The number of hydrogen-bond acceptors (Lipinski definition) is 3. The molecule has 1 saturated carbocycles. The van der Waals surface area contributed by atoms with E-state index in [4.69, 9.17) is 10.5 Å². The standard InChI is InChI=1S/C11H15FN2O/c12-9-3-8(5-14-6-9)7-15-11-2-1-10(13)4-11/h3,5-6,10-11H,1-2,4,7,13H2. The molecular weight excluding hydrogens is 195 g/mol. The molecule has 82 valence electrons. The van der Waals surface area contributed by atoms with Crippen molar-refractivity contribution in [3.63, 3.8) is 0 Å².